The van der Waals surface area contributed by atoms with Crippen LogP contribution in [0.4, 0.5) is 5.69 Å². The lowest BCUT2D eigenvalue weighted by atomic mass is 10.2. The van der Waals surface area contributed by atoms with Crippen LogP contribution in [0, 0.1) is 6.92 Å². The number of benzene rings is 2. The molecule has 0 unspecified atom stereocenters. The number of rotatable bonds is 8. The van der Waals surface area contributed by atoms with E-state index in [0.717, 1.165) is 17.3 Å². The maximum atomic E-state index is 12.3. The van der Waals surface area contributed by atoms with E-state index in [1.54, 1.807) is 12.1 Å². The van der Waals surface area contributed by atoms with Crippen LogP contribution in [-0.4, -0.2) is 49.8 Å². The molecule has 10 heteroatoms. The molecule has 1 atom stereocenters. The molecule has 0 aliphatic carbocycles. The summed E-state index contributed by atoms with van der Waals surface area (Å²) in [5.41, 5.74) is 2.41. The fourth-order valence-corrected chi connectivity index (χ4v) is 3.83. The van der Waals surface area contributed by atoms with Gasteiger partial charge in [-0.25, -0.2) is 0 Å². The lowest BCUT2D eigenvalue weighted by Crippen LogP contribution is -2.28. The summed E-state index contributed by atoms with van der Waals surface area (Å²) in [6.07, 6.45) is 1.51. The molecule has 9 nitrogen and oxygen atoms in total. The van der Waals surface area contributed by atoms with Gasteiger partial charge in [-0.1, -0.05) is 29.5 Å². The van der Waals surface area contributed by atoms with Gasteiger partial charge in [-0.05, 0) is 25.1 Å². The summed E-state index contributed by atoms with van der Waals surface area (Å²) in [5.74, 6) is 1.04. The Kier molecular flexibility index (Phi) is 7.72. The van der Waals surface area contributed by atoms with Crippen molar-refractivity contribution in [3.8, 4) is 17.2 Å². The van der Waals surface area contributed by atoms with Crippen LogP contribution < -0.4 is 24.8 Å². The van der Waals surface area contributed by atoms with Gasteiger partial charge in [-0.15, -0.1) is 5.10 Å². The van der Waals surface area contributed by atoms with Gasteiger partial charge in [0.2, 0.25) is 11.8 Å². The number of hydrogen-bond donors (Lipinski definition) is 2. The Morgan fingerprint density at radius 2 is 1.75 bits per heavy atom. The van der Waals surface area contributed by atoms with Gasteiger partial charge >= 0.3 is 0 Å². The molecule has 2 aromatic rings. The van der Waals surface area contributed by atoms with Gasteiger partial charge in [-0.2, -0.15) is 5.10 Å². The maximum absolute atomic E-state index is 12.3. The second-order valence-electron chi connectivity index (χ2n) is 6.81. The molecular weight excluding hydrogens is 432 g/mol. The minimum atomic E-state index is -0.579. The molecule has 0 saturated carbocycles. The average Bonchev–Trinajstić information content (AvgIpc) is 3.13. The Labute approximate surface area is 190 Å². The van der Waals surface area contributed by atoms with E-state index >= 15 is 0 Å². The van der Waals surface area contributed by atoms with Crippen LogP contribution in [0.3, 0.4) is 0 Å². The molecular formula is C22H24N4O5S. The summed E-state index contributed by atoms with van der Waals surface area (Å²) in [7, 11) is 4.60. The number of anilines is 1. The first-order valence-electron chi connectivity index (χ1n) is 9.68. The van der Waals surface area contributed by atoms with Crippen LogP contribution in [-0.2, 0) is 9.59 Å². The van der Waals surface area contributed by atoms with Gasteiger partial charge in [0.15, 0.2) is 16.7 Å². The number of carbonyl (C=O) groups is 2. The summed E-state index contributed by atoms with van der Waals surface area (Å²) in [4.78, 5) is 24.5. The molecule has 0 radical (unpaired) electrons. The minimum Gasteiger partial charge on any atom is -0.496 e. The molecule has 168 valence electrons. The lowest BCUT2D eigenvalue weighted by molar-refractivity contribution is -0.122. The molecule has 2 amide bonds. The van der Waals surface area contributed by atoms with E-state index in [9.17, 15) is 9.59 Å². The average molecular weight is 457 g/mol. The van der Waals surface area contributed by atoms with E-state index in [1.165, 1.54) is 27.5 Å². The van der Waals surface area contributed by atoms with E-state index in [1.807, 2.05) is 31.2 Å². The van der Waals surface area contributed by atoms with Gasteiger partial charge in [0.1, 0.15) is 11.0 Å². The zero-order chi connectivity index (χ0) is 23.1. The summed E-state index contributed by atoms with van der Waals surface area (Å²) in [6, 6.07) is 10.8. The lowest BCUT2D eigenvalue weighted by Gasteiger charge is -2.11. The molecule has 3 rings (SSSR count). The number of thioether (sulfide) groups is 1. The Bertz CT molecular complexity index is 1050. The molecule has 1 fully saturated rings. The SMILES string of the molecule is COc1cc(OC)c(OC)cc1/C=N\N=C1\NC(=O)[C@@H](CC(=O)Nc2ccc(C)cc2)S1. The van der Waals surface area contributed by atoms with Crippen molar-refractivity contribution in [2.45, 2.75) is 18.6 Å². The van der Waals surface area contributed by atoms with E-state index < -0.39 is 5.25 Å². The summed E-state index contributed by atoms with van der Waals surface area (Å²) >= 11 is 1.16. The molecule has 1 aliphatic heterocycles. The highest BCUT2D eigenvalue weighted by molar-refractivity contribution is 8.15. The number of carbonyl (C=O) groups excluding carboxylic acids is 2. The van der Waals surface area contributed by atoms with Gasteiger partial charge in [-0.3, -0.25) is 9.59 Å². The number of nitrogens with one attached hydrogen (secondary N) is 2. The highest BCUT2D eigenvalue weighted by Gasteiger charge is 2.32. The topological polar surface area (TPSA) is 111 Å². The van der Waals surface area contributed by atoms with Crippen molar-refractivity contribution in [1.82, 2.24) is 5.32 Å². The first-order valence-corrected chi connectivity index (χ1v) is 10.6. The number of hydrogen-bond acceptors (Lipinski definition) is 8. The summed E-state index contributed by atoms with van der Waals surface area (Å²) in [5, 5.41) is 13.3. The normalized spacial score (nSPS) is 16.8. The van der Waals surface area contributed by atoms with Crippen molar-refractivity contribution in [2.75, 3.05) is 26.6 Å². The Morgan fingerprint density at radius 1 is 1.09 bits per heavy atom. The van der Waals surface area contributed by atoms with E-state index in [-0.39, 0.29) is 18.2 Å². The van der Waals surface area contributed by atoms with Crippen LogP contribution in [0.25, 0.3) is 0 Å². The second kappa shape index (κ2) is 10.7. The predicted molar refractivity (Wildman–Crippen MR) is 125 cm³/mol. The van der Waals surface area contributed by atoms with Gasteiger partial charge in [0.05, 0.1) is 27.5 Å². The zero-order valence-electron chi connectivity index (χ0n) is 18.2. The molecule has 0 aromatic heterocycles. The molecule has 0 bridgehead atoms. The molecule has 2 N–H and O–H groups in total. The summed E-state index contributed by atoms with van der Waals surface area (Å²) < 4.78 is 15.9. The highest BCUT2D eigenvalue weighted by atomic mass is 32.2. The fraction of sp³-hybridized carbons (Fsp3) is 0.273. The van der Waals surface area contributed by atoms with Crippen LogP contribution in [0.5, 0.6) is 17.2 Å². The van der Waals surface area contributed by atoms with Gasteiger partial charge in [0, 0.05) is 23.7 Å². The van der Waals surface area contributed by atoms with Gasteiger partial charge in [0.25, 0.3) is 0 Å². The summed E-state index contributed by atoms with van der Waals surface area (Å²) in [6.45, 7) is 1.97. The van der Waals surface area contributed by atoms with Crippen molar-refractivity contribution < 1.29 is 23.8 Å². The molecule has 2 aromatic carbocycles. The van der Waals surface area contributed by atoms with Crippen LogP contribution in [0.15, 0.2) is 46.6 Å². The first kappa shape index (κ1) is 23.1. The third-order valence-electron chi connectivity index (χ3n) is 4.56. The monoisotopic (exact) mass is 456 g/mol. The van der Waals surface area contributed by atoms with Crippen LogP contribution in [0.1, 0.15) is 17.5 Å². The number of amides is 2. The maximum Gasteiger partial charge on any atom is 0.240 e. The van der Waals surface area contributed by atoms with Crippen molar-refractivity contribution in [2.24, 2.45) is 10.2 Å². The fourth-order valence-electron chi connectivity index (χ4n) is 2.90. The van der Waals surface area contributed by atoms with Crippen LogP contribution >= 0.6 is 11.8 Å². The van der Waals surface area contributed by atoms with Crippen molar-refractivity contribution in [1.29, 1.82) is 0 Å². The molecule has 1 aliphatic rings. The van der Waals surface area contributed by atoms with E-state index in [2.05, 4.69) is 20.8 Å². The smallest absolute Gasteiger partial charge is 0.240 e. The Balaban J connectivity index is 1.63. The van der Waals surface area contributed by atoms with Crippen LogP contribution in [0.2, 0.25) is 0 Å². The number of aryl methyl sites for hydroxylation is 1. The Hall–Kier alpha value is -3.53. The minimum absolute atomic E-state index is 0.0244. The molecule has 1 saturated heterocycles. The Morgan fingerprint density at radius 3 is 2.41 bits per heavy atom. The van der Waals surface area contributed by atoms with Gasteiger partial charge < -0.3 is 24.8 Å². The standard InChI is InChI=1S/C22H24N4O5S/c1-13-5-7-15(8-6-13)24-20(27)11-19-21(28)25-22(32-19)26-23-12-14-9-17(30-3)18(31-4)10-16(14)29-2/h5-10,12,19H,11H2,1-4H3,(H,24,27)(H,25,26,28)/b23-12-/t19-/m1/s1. The predicted octanol–water partition coefficient (Wildman–Crippen LogP) is 2.97. The zero-order valence-corrected chi connectivity index (χ0v) is 19.0. The first-order chi connectivity index (χ1) is 15.4. The molecule has 0 spiro atoms. The second-order valence-corrected chi connectivity index (χ2v) is 8.00. The van der Waals surface area contributed by atoms with E-state index in [0.29, 0.717) is 33.7 Å². The highest BCUT2D eigenvalue weighted by Crippen LogP contribution is 2.33. The number of nitrogens with zero attached hydrogens (tertiary/aromatic N) is 2. The third-order valence-corrected chi connectivity index (χ3v) is 5.64. The molecule has 32 heavy (non-hydrogen) atoms. The quantitative estimate of drug-likeness (QED) is 0.467. The number of amidine groups is 1. The largest absolute Gasteiger partial charge is 0.496 e. The van der Waals surface area contributed by atoms with Crippen molar-refractivity contribution in [3.63, 3.8) is 0 Å². The molecule has 1 heterocycles. The van der Waals surface area contributed by atoms with Crippen molar-refractivity contribution in [3.05, 3.63) is 47.5 Å². The van der Waals surface area contributed by atoms with E-state index in [4.69, 9.17) is 14.2 Å². The third kappa shape index (κ3) is 5.79. The number of methoxy groups -OCH3 is 3. The van der Waals surface area contributed by atoms with Crippen molar-refractivity contribution >= 4 is 40.6 Å². The number of ether oxygens (including phenoxy) is 3.